The van der Waals surface area contributed by atoms with E-state index in [4.69, 9.17) is 24.2 Å². The molecule has 1 aromatic carbocycles. The lowest BCUT2D eigenvalue weighted by Gasteiger charge is -2.37. The fraction of sp³-hybridized carbons (Fsp3) is 0.538. The molecule has 1 atom stereocenters. The highest BCUT2D eigenvalue weighted by Gasteiger charge is 2.42. The molecule has 1 spiro atoms. The second-order valence-electron chi connectivity index (χ2n) is 8.96. The lowest BCUT2D eigenvalue weighted by molar-refractivity contribution is -0.139. The number of ether oxygens (including phenoxy) is 3. The van der Waals surface area contributed by atoms with Crippen molar-refractivity contribution < 1.29 is 28.9 Å². The van der Waals surface area contributed by atoms with Gasteiger partial charge in [-0.1, -0.05) is 23.4 Å². The second kappa shape index (κ2) is 10.5. The van der Waals surface area contributed by atoms with Gasteiger partial charge in [-0.3, -0.25) is 9.69 Å². The zero-order valence-electron chi connectivity index (χ0n) is 20.2. The van der Waals surface area contributed by atoms with Crippen LogP contribution in [0.3, 0.4) is 0 Å². The van der Waals surface area contributed by atoms with E-state index in [9.17, 15) is 4.79 Å². The standard InChI is InChI=1S/C26H34N2O6/c1-4-32-22-14-18(15-23(33-5-2)24(22)31-3)17-28-12-10-26(11-13-28)16-21(27-34-26)19-6-8-20(9-7-19)25(29)30/h6-8,14-15,20H,4-5,9-13,16-17H2,1-3H3,(H,29,30). The summed E-state index contributed by atoms with van der Waals surface area (Å²) in [6.07, 6.45) is 8.62. The third-order valence-electron chi connectivity index (χ3n) is 6.65. The van der Waals surface area contributed by atoms with Gasteiger partial charge in [-0.05, 0) is 43.5 Å². The largest absolute Gasteiger partial charge is 0.490 e. The number of rotatable bonds is 9. The van der Waals surface area contributed by atoms with E-state index in [0.29, 0.717) is 36.9 Å². The van der Waals surface area contributed by atoms with Gasteiger partial charge in [-0.25, -0.2) is 0 Å². The van der Waals surface area contributed by atoms with Gasteiger partial charge in [0.1, 0.15) is 5.60 Å². The van der Waals surface area contributed by atoms with Gasteiger partial charge in [-0.15, -0.1) is 0 Å². The summed E-state index contributed by atoms with van der Waals surface area (Å²) in [5.41, 5.74) is 2.77. The number of carbonyl (C=O) groups is 1. The Bertz CT molecular complexity index is 964. The van der Waals surface area contributed by atoms with Gasteiger partial charge in [0, 0.05) is 38.9 Å². The smallest absolute Gasteiger partial charge is 0.310 e. The van der Waals surface area contributed by atoms with Gasteiger partial charge in [-0.2, -0.15) is 0 Å². The third-order valence-corrected chi connectivity index (χ3v) is 6.65. The Morgan fingerprint density at radius 2 is 1.88 bits per heavy atom. The van der Waals surface area contributed by atoms with Gasteiger partial charge < -0.3 is 24.2 Å². The van der Waals surface area contributed by atoms with Crippen LogP contribution in [0, 0.1) is 5.92 Å². The SMILES string of the molecule is CCOc1cc(CN2CCC3(CC2)CC(C2=CCC(C(=O)O)C=C2)=NO3)cc(OCC)c1OC. The molecule has 0 radical (unpaired) electrons. The second-order valence-corrected chi connectivity index (χ2v) is 8.96. The van der Waals surface area contributed by atoms with Crippen molar-refractivity contribution in [2.75, 3.05) is 33.4 Å². The number of carboxylic acid groups (broad SMARTS) is 1. The molecular formula is C26H34N2O6. The van der Waals surface area contributed by atoms with Crippen LogP contribution in [-0.4, -0.2) is 60.7 Å². The quantitative estimate of drug-likeness (QED) is 0.579. The molecule has 1 fully saturated rings. The first kappa shape index (κ1) is 24.1. The number of methoxy groups -OCH3 is 1. The Balaban J connectivity index is 1.36. The lowest BCUT2D eigenvalue weighted by atomic mass is 9.84. The van der Waals surface area contributed by atoms with E-state index < -0.39 is 11.9 Å². The van der Waals surface area contributed by atoms with Crippen molar-refractivity contribution in [3.05, 3.63) is 41.5 Å². The fourth-order valence-electron chi connectivity index (χ4n) is 4.79. The van der Waals surface area contributed by atoms with Crippen LogP contribution in [0.25, 0.3) is 0 Å². The Labute approximate surface area is 200 Å². The van der Waals surface area contributed by atoms with Crippen molar-refractivity contribution in [3.8, 4) is 17.2 Å². The first-order valence-electron chi connectivity index (χ1n) is 12.0. The molecule has 8 heteroatoms. The number of hydrogen-bond acceptors (Lipinski definition) is 7. The monoisotopic (exact) mass is 470 g/mol. The number of allylic oxidation sites excluding steroid dienone is 3. The number of nitrogens with zero attached hydrogens (tertiary/aromatic N) is 2. The Kier molecular flexibility index (Phi) is 7.46. The van der Waals surface area contributed by atoms with Crippen molar-refractivity contribution in [1.82, 2.24) is 4.90 Å². The molecule has 2 heterocycles. The maximum Gasteiger partial charge on any atom is 0.310 e. The molecule has 1 unspecified atom stereocenters. The number of carboxylic acids is 1. The summed E-state index contributed by atoms with van der Waals surface area (Å²) in [6.45, 7) is 7.62. The predicted octanol–water partition coefficient (Wildman–Crippen LogP) is 4.19. The summed E-state index contributed by atoms with van der Waals surface area (Å²) in [7, 11) is 1.63. The molecule has 1 aliphatic carbocycles. The van der Waals surface area contributed by atoms with Gasteiger partial charge >= 0.3 is 5.97 Å². The molecule has 34 heavy (non-hydrogen) atoms. The minimum absolute atomic E-state index is 0.267. The van der Waals surface area contributed by atoms with Crippen molar-refractivity contribution in [3.63, 3.8) is 0 Å². The normalized spacial score (nSPS) is 21.6. The number of hydrogen-bond donors (Lipinski definition) is 1. The zero-order valence-corrected chi connectivity index (χ0v) is 20.2. The maximum atomic E-state index is 11.2. The molecule has 184 valence electrons. The van der Waals surface area contributed by atoms with Crippen molar-refractivity contribution in [2.45, 2.75) is 51.7 Å². The number of likely N-dealkylation sites (tertiary alicyclic amines) is 1. The fourth-order valence-corrected chi connectivity index (χ4v) is 4.79. The summed E-state index contributed by atoms with van der Waals surface area (Å²) in [5, 5.41) is 13.6. The van der Waals surface area contributed by atoms with Crippen molar-refractivity contribution >= 4 is 11.7 Å². The molecule has 8 nitrogen and oxygen atoms in total. The highest BCUT2D eigenvalue weighted by molar-refractivity contribution is 6.04. The van der Waals surface area contributed by atoms with Crippen LogP contribution in [0.1, 0.15) is 45.1 Å². The summed E-state index contributed by atoms with van der Waals surface area (Å²) < 4.78 is 17.2. The minimum Gasteiger partial charge on any atom is -0.490 e. The van der Waals surface area contributed by atoms with Crippen LogP contribution in [0.2, 0.25) is 0 Å². The molecule has 0 aromatic heterocycles. The van der Waals surface area contributed by atoms with E-state index in [-0.39, 0.29) is 5.60 Å². The van der Waals surface area contributed by atoms with Crippen LogP contribution in [0.15, 0.2) is 41.1 Å². The van der Waals surface area contributed by atoms with E-state index in [1.54, 1.807) is 13.2 Å². The van der Waals surface area contributed by atoms with Crippen LogP contribution in [-0.2, 0) is 16.2 Å². The maximum absolute atomic E-state index is 11.2. The number of piperidine rings is 1. The van der Waals surface area contributed by atoms with E-state index in [2.05, 4.69) is 10.1 Å². The first-order chi connectivity index (χ1) is 16.5. The minimum atomic E-state index is -0.793. The zero-order chi connectivity index (χ0) is 24.1. The van der Waals surface area contributed by atoms with Gasteiger partial charge in [0.2, 0.25) is 5.75 Å². The highest BCUT2D eigenvalue weighted by atomic mass is 16.7. The Morgan fingerprint density at radius 1 is 1.21 bits per heavy atom. The van der Waals surface area contributed by atoms with Gasteiger partial charge in [0.05, 0.1) is 32.0 Å². The van der Waals surface area contributed by atoms with Crippen molar-refractivity contribution in [1.29, 1.82) is 0 Å². The number of aliphatic carboxylic acids is 1. The van der Waals surface area contributed by atoms with E-state index in [0.717, 1.165) is 55.7 Å². The Morgan fingerprint density at radius 3 is 2.41 bits per heavy atom. The average Bonchev–Trinajstić information content (AvgIpc) is 3.25. The summed E-state index contributed by atoms with van der Waals surface area (Å²) in [4.78, 5) is 19.5. The van der Waals surface area contributed by atoms with Gasteiger partial charge in [0.25, 0.3) is 0 Å². The highest BCUT2D eigenvalue weighted by Crippen LogP contribution is 2.40. The molecule has 2 aliphatic heterocycles. The average molecular weight is 471 g/mol. The van der Waals surface area contributed by atoms with E-state index in [1.165, 1.54) is 0 Å². The predicted molar refractivity (Wildman–Crippen MR) is 129 cm³/mol. The topological polar surface area (TPSA) is 89.8 Å². The summed E-state index contributed by atoms with van der Waals surface area (Å²) in [5.74, 6) is 0.799. The van der Waals surface area contributed by atoms with E-state index >= 15 is 0 Å². The number of oxime groups is 1. The molecule has 1 saturated heterocycles. The van der Waals surface area contributed by atoms with Crippen LogP contribution >= 0.6 is 0 Å². The molecule has 0 saturated carbocycles. The van der Waals surface area contributed by atoms with Crippen molar-refractivity contribution in [2.24, 2.45) is 11.1 Å². The van der Waals surface area contributed by atoms with Crippen LogP contribution < -0.4 is 14.2 Å². The molecule has 0 amide bonds. The van der Waals surface area contributed by atoms with Gasteiger partial charge in [0.15, 0.2) is 11.5 Å². The van der Waals surface area contributed by atoms with Crippen LogP contribution in [0.4, 0.5) is 0 Å². The molecule has 0 bridgehead atoms. The molecule has 4 rings (SSSR count). The Hall–Kier alpha value is -3.00. The van der Waals surface area contributed by atoms with Crippen LogP contribution in [0.5, 0.6) is 17.2 Å². The molecule has 3 aliphatic rings. The molecular weight excluding hydrogens is 436 g/mol. The van der Waals surface area contributed by atoms with E-state index in [1.807, 2.05) is 38.1 Å². The lowest BCUT2D eigenvalue weighted by Crippen LogP contribution is -2.44. The molecule has 1 N–H and O–H groups in total. The number of benzene rings is 1. The first-order valence-corrected chi connectivity index (χ1v) is 12.0. The summed E-state index contributed by atoms with van der Waals surface area (Å²) >= 11 is 0. The summed E-state index contributed by atoms with van der Waals surface area (Å²) in [6, 6.07) is 4.07. The molecule has 1 aromatic rings. The third kappa shape index (κ3) is 5.22.